The van der Waals surface area contributed by atoms with Gasteiger partial charge >= 0.3 is 31.7 Å². The molecule has 0 radical (unpaired) electrons. The number of hydrogen-bond donors (Lipinski definition) is 10. The van der Waals surface area contributed by atoms with Gasteiger partial charge in [-0.25, -0.2) is 4.57 Å². The zero-order valence-electron chi connectivity index (χ0n) is 72.2. The van der Waals surface area contributed by atoms with Gasteiger partial charge in [-0.3, -0.25) is 28.2 Å². The molecule has 3 aliphatic rings. The number of aliphatic hydroxyl groups excluding tert-OH is 9. The first-order chi connectivity index (χ1) is 56.1. The molecule has 678 valence electrons. The molecule has 25 nitrogen and oxygen atoms in total. The summed E-state index contributed by atoms with van der Waals surface area (Å²) in [6.45, 7) is 7.81. The van der Waals surface area contributed by atoms with Gasteiger partial charge < -0.3 is 88.7 Å². The van der Waals surface area contributed by atoms with Gasteiger partial charge in [0.1, 0.15) is 92.6 Å². The Kier molecular flexibility index (Phi) is 62.8. The molecule has 2 saturated heterocycles. The van der Waals surface area contributed by atoms with E-state index >= 15 is 0 Å². The second-order valence-corrected chi connectivity index (χ2v) is 34.5. The van der Waals surface area contributed by atoms with E-state index in [0.717, 1.165) is 135 Å². The lowest BCUT2D eigenvalue weighted by Crippen LogP contribution is -2.70. The van der Waals surface area contributed by atoms with Gasteiger partial charge in [0.15, 0.2) is 24.8 Å². The van der Waals surface area contributed by atoms with Crippen molar-refractivity contribution in [3.05, 3.63) is 36.5 Å². The van der Waals surface area contributed by atoms with Crippen LogP contribution in [0.15, 0.2) is 36.5 Å². The van der Waals surface area contributed by atoms with Crippen molar-refractivity contribution in [1.29, 1.82) is 0 Å². The van der Waals surface area contributed by atoms with Crippen molar-refractivity contribution in [3.8, 4) is 0 Å². The minimum Gasteiger partial charge on any atom is -0.463 e. The lowest BCUT2D eigenvalue weighted by molar-refractivity contribution is -0.360. The van der Waals surface area contributed by atoms with Crippen LogP contribution in [0, 0.1) is 5.92 Å². The minimum atomic E-state index is -5.81. The summed E-state index contributed by atoms with van der Waals surface area (Å²) in [5.41, 5.74) is 0. The summed E-state index contributed by atoms with van der Waals surface area (Å²) in [6, 6.07) is 0. The highest BCUT2D eigenvalue weighted by Gasteiger charge is 2.60. The smallest absolute Gasteiger partial charge is 0.463 e. The Morgan fingerprint density at radius 3 is 1.13 bits per heavy atom. The van der Waals surface area contributed by atoms with Crippen LogP contribution >= 0.6 is 7.82 Å². The molecule has 3 rings (SSSR count). The third-order valence-corrected chi connectivity index (χ3v) is 23.5. The maximum Gasteiger partial charge on any atom is 0.472 e. The van der Waals surface area contributed by atoms with E-state index in [1.165, 1.54) is 135 Å². The van der Waals surface area contributed by atoms with Crippen molar-refractivity contribution in [3.63, 3.8) is 0 Å². The number of hydrogen-bond acceptors (Lipinski definition) is 24. The average Bonchev–Trinajstić information content (AvgIpc) is 0.754. The third kappa shape index (κ3) is 48.5. The number of phosphoric acid groups is 1. The molecule has 2 heterocycles. The van der Waals surface area contributed by atoms with Crippen LogP contribution < -0.4 is 0 Å². The lowest BCUT2D eigenvalue weighted by atomic mass is 9.84. The molecule has 0 amide bonds. The highest BCUT2D eigenvalue weighted by molar-refractivity contribution is 7.47. The summed E-state index contributed by atoms with van der Waals surface area (Å²) >= 11 is 0. The number of rotatable bonds is 73. The van der Waals surface area contributed by atoms with Crippen LogP contribution in [0.3, 0.4) is 0 Å². The fourth-order valence-corrected chi connectivity index (χ4v) is 16.0. The molecule has 19 unspecified atom stereocenters. The Bertz CT molecular complexity index is 2580. The molecule has 0 bridgehead atoms. The monoisotopic (exact) mass is 1680 g/mol. The van der Waals surface area contributed by atoms with Crippen molar-refractivity contribution in [1.82, 2.24) is 0 Å². The Balaban J connectivity index is 1.94. The molecule has 26 heteroatoms. The Hall–Kier alpha value is -3.31. The van der Waals surface area contributed by atoms with Crippen LogP contribution in [0.25, 0.3) is 0 Å². The summed E-state index contributed by atoms with van der Waals surface area (Å²) < 4.78 is 73.3. The van der Waals surface area contributed by atoms with Crippen molar-refractivity contribution in [2.24, 2.45) is 5.92 Å². The minimum absolute atomic E-state index is 0.00797. The van der Waals surface area contributed by atoms with E-state index in [-0.39, 0.29) is 25.7 Å². The summed E-state index contributed by atoms with van der Waals surface area (Å²) in [6.07, 6.45) is 27.4. The topological polar surface area (TPSA) is 380 Å². The van der Waals surface area contributed by atoms with E-state index in [9.17, 15) is 74.6 Å². The van der Waals surface area contributed by atoms with E-state index in [2.05, 4.69) is 71.1 Å². The standard InChI is InChI=1S/C90H163O25P/c1-6-10-14-18-22-25-28-31-32-35-37-39-42-49-55-61-73(92)106-66-70(109-75(94)63-57-51-44-41-38-34-30-27-24-20-16-12-8-3)67-108-116(104,105)115-88-86(113-89-83(102)79(98)77(96)71(65-91)110-89)82(101)81(100)85(112-76(95)64-58-52-46-45-48-54-60-69(5)59-53-47-21-17-13-9-4)87(88)114-90-84(103)80(99)78(97)72(111-90)68-107-74(93)62-56-50-43-40-36-33-29-26-23-19-15-11-7-2/h25,28,33-34,36,38,69-72,77-91,96-103H,6-24,26-27,29-32,35,37,39-68H2,1-5H3,(H,104,105)/b28-25-,36-33-,38-34-. The van der Waals surface area contributed by atoms with Gasteiger partial charge in [0.05, 0.1) is 13.2 Å². The molecule has 2 aliphatic heterocycles. The van der Waals surface area contributed by atoms with Gasteiger partial charge in [-0.05, 0) is 109 Å². The molecule has 3 fully saturated rings. The largest absolute Gasteiger partial charge is 0.472 e. The molecule has 0 aromatic heterocycles. The van der Waals surface area contributed by atoms with Gasteiger partial charge in [0.25, 0.3) is 0 Å². The van der Waals surface area contributed by atoms with Gasteiger partial charge in [-0.2, -0.15) is 0 Å². The van der Waals surface area contributed by atoms with Crippen molar-refractivity contribution in [2.45, 2.75) is 479 Å². The molecule has 1 aliphatic carbocycles. The first kappa shape index (κ1) is 107. The average molecular weight is 1680 g/mol. The third-order valence-electron chi connectivity index (χ3n) is 22.5. The number of allylic oxidation sites excluding steroid dienone is 6. The maximum atomic E-state index is 14.9. The van der Waals surface area contributed by atoms with Crippen molar-refractivity contribution < 1.29 is 122 Å². The van der Waals surface area contributed by atoms with E-state index < -0.39 is 162 Å². The highest BCUT2D eigenvalue weighted by atomic mass is 31.2. The molecule has 0 spiro atoms. The van der Waals surface area contributed by atoms with Crippen LogP contribution in [-0.2, 0) is 70.7 Å². The molecule has 0 aromatic rings. The van der Waals surface area contributed by atoms with E-state index in [1.807, 2.05) is 0 Å². The van der Waals surface area contributed by atoms with Crippen LogP contribution in [-0.4, -0.2) is 205 Å². The summed E-state index contributed by atoms with van der Waals surface area (Å²) in [5, 5.41) is 102. The van der Waals surface area contributed by atoms with Crippen LogP contribution in [0.5, 0.6) is 0 Å². The molecular formula is C90H163O25P. The molecular weight excluding hydrogens is 1510 g/mol. The molecule has 116 heavy (non-hydrogen) atoms. The second kappa shape index (κ2) is 68.2. The number of carbonyl (C=O) groups is 4. The number of esters is 4. The van der Waals surface area contributed by atoms with Crippen LogP contribution in [0.4, 0.5) is 0 Å². The van der Waals surface area contributed by atoms with Gasteiger partial charge in [-0.1, -0.05) is 283 Å². The fourth-order valence-electron chi connectivity index (χ4n) is 15.0. The highest BCUT2D eigenvalue weighted by Crippen LogP contribution is 2.49. The number of ether oxygens (including phenoxy) is 8. The Morgan fingerprint density at radius 1 is 0.362 bits per heavy atom. The second-order valence-electron chi connectivity index (χ2n) is 33.1. The van der Waals surface area contributed by atoms with E-state index in [4.69, 9.17) is 46.9 Å². The molecule has 19 atom stereocenters. The lowest BCUT2D eigenvalue weighted by Gasteiger charge is -2.50. The van der Waals surface area contributed by atoms with Gasteiger partial charge in [0, 0.05) is 25.7 Å². The Labute approximate surface area is 697 Å². The number of unbranched alkanes of at least 4 members (excludes halogenated alkanes) is 39. The maximum absolute atomic E-state index is 14.9. The first-order valence-corrected chi connectivity index (χ1v) is 47.6. The van der Waals surface area contributed by atoms with Crippen LogP contribution in [0.2, 0.25) is 0 Å². The summed E-state index contributed by atoms with van der Waals surface area (Å²) in [4.78, 5) is 66.4. The zero-order valence-corrected chi connectivity index (χ0v) is 73.1. The molecule has 0 aromatic carbocycles. The van der Waals surface area contributed by atoms with Crippen molar-refractivity contribution in [2.75, 3.05) is 26.4 Å². The molecule has 10 N–H and O–H groups in total. The quantitative estimate of drug-likeness (QED) is 0.00889. The normalized spacial score (nSPS) is 25.6. The fraction of sp³-hybridized carbons (Fsp3) is 0.889. The Morgan fingerprint density at radius 2 is 0.698 bits per heavy atom. The van der Waals surface area contributed by atoms with Gasteiger partial charge in [0.2, 0.25) is 0 Å². The zero-order chi connectivity index (χ0) is 84.8. The van der Waals surface area contributed by atoms with Gasteiger partial charge in [-0.15, -0.1) is 0 Å². The van der Waals surface area contributed by atoms with Crippen LogP contribution in [0.1, 0.15) is 375 Å². The first-order valence-electron chi connectivity index (χ1n) is 46.1. The number of aliphatic hydroxyl groups is 9. The SMILES string of the molecule is CCCCCC/C=C\CCCCCCCCCC(=O)OCC(COP(=O)(O)OC1C(OC2OC(CO)C(O)C(O)C2O)C(O)C(O)C(OC(=O)CCCCCCCCC(C)CCCCCCCC)C1OC1OC(COC(=O)CCCCC/C=C\CCCCCCCC)C(O)C(O)C1O)OC(=O)CCCCC/C=C\CCCCCCCC. The summed E-state index contributed by atoms with van der Waals surface area (Å²) in [7, 11) is -5.81. The van der Waals surface area contributed by atoms with Crippen molar-refractivity contribution >= 4 is 31.7 Å². The number of phosphoric ester groups is 1. The predicted octanol–water partition coefficient (Wildman–Crippen LogP) is 16.6. The van der Waals surface area contributed by atoms with E-state index in [0.29, 0.717) is 50.9 Å². The number of carbonyl (C=O) groups excluding carboxylic acids is 4. The molecule has 1 saturated carbocycles. The summed E-state index contributed by atoms with van der Waals surface area (Å²) in [5.74, 6) is -2.39. The predicted molar refractivity (Wildman–Crippen MR) is 449 cm³/mol. The van der Waals surface area contributed by atoms with E-state index in [1.54, 1.807) is 0 Å².